The Hall–Kier alpha value is -1.31. The molecule has 0 spiro atoms. The standard InChI is InChI=1S/C7H7Cl.C4H6F3NO3/c1-6-2-4-7(8)5-3-6;5-4(6,7)3(10,11)1-8-2-9/h2-5H,1H3;2,10-11H,1H2,(H,8,9). The van der Waals surface area contributed by atoms with Crippen molar-refractivity contribution in [3.8, 4) is 0 Å². The average Bonchev–Trinajstić information content (AvgIpc) is 2.30. The van der Waals surface area contributed by atoms with Gasteiger partial charge in [-0.05, 0) is 19.1 Å². The number of aryl methyl sites for hydroxylation is 1. The first-order valence-corrected chi connectivity index (χ1v) is 5.38. The van der Waals surface area contributed by atoms with Crippen LogP contribution in [0.5, 0.6) is 0 Å². The minimum Gasteiger partial charge on any atom is -0.357 e. The van der Waals surface area contributed by atoms with Gasteiger partial charge in [-0.1, -0.05) is 29.3 Å². The summed E-state index contributed by atoms with van der Waals surface area (Å²) in [6, 6.07) is 7.75. The summed E-state index contributed by atoms with van der Waals surface area (Å²) in [5, 5.41) is 18.7. The lowest BCUT2D eigenvalue weighted by Crippen LogP contribution is -2.52. The highest BCUT2D eigenvalue weighted by Gasteiger charge is 2.52. The molecule has 0 heterocycles. The van der Waals surface area contributed by atoms with Crippen LogP contribution in [-0.4, -0.2) is 35.1 Å². The van der Waals surface area contributed by atoms with Gasteiger partial charge in [0, 0.05) is 5.02 Å². The number of aliphatic hydroxyl groups is 2. The third-order valence-electron chi connectivity index (χ3n) is 1.90. The zero-order chi connectivity index (χ0) is 15.1. The van der Waals surface area contributed by atoms with Crippen molar-refractivity contribution in [1.29, 1.82) is 0 Å². The summed E-state index contributed by atoms with van der Waals surface area (Å²) in [5.41, 5.74) is 1.24. The van der Waals surface area contributed by atoms with Crippen LogP contribution in [0.2, 0.25) is 5.02 Å². The molecular formula is C11H13ClF3NO3. The van der Waals surface area contributed by atoms with Gasteiger partial charge < -0.3 is 15.5 Å². The zero-order valence-electron chi connectivity index (χ0n) is 9.91. The summed E-state index contributed by atoms with van der Waals surface area (Å²) >= 11 is 5.61. The monoisotopic (exact) mass is 299 g/mol. The van der Waals surface area contributed by atoms with Crippen molar-refractivity contribution in [2.75, 3.05) is 6.54 Å². The molecule has 0 saturated heterocycles. The molecule has 1 amide bonds. The molecule has 1 aromatic carbocycles. The summed E-state index contributed by atoms with van der Waals surface area (Å²) in [6.45, 7) is 0.760. The number of rotatable bonds is 3. The van der Waals surface area contributed by atoms with Crippen molar-refractivity contribution in [2.24, 2.45) is 0 Å². The van der Waals surface area contributed by atoms with Crippen LogP contribution < -0.4 is 5.32 Å². The lowest BCUT2D eigenvalue weighted by Gasteiger charge is -2.23. The van der Waals surface area contributed by atoms with Gasteiger partial charge in [0.15, 0.2) is 0 Å². The predicted octanol–water partition coefficient (Wildman–Crippen LogP) is 1.62. The number of benzene rings is 1. The normalized spacial score (nSPS) is 11.3. The number of carbonyl (C=O) groups is 1. The van der Waals surface area contributed by atoms with Crippen LogP contribution in [0.25, 0.3) is 0 Å². The van der Waals surface area contributed by atoms with Gasteiger partial charge in [0.1, 0.15) is 0 Å². The molecule has 0 bridgehead atoms. The van der Waals surface area contributed by atoms with Crippen molar-refractivity contribution in [1.82, 2.24) is 5.32 Å². The molecule has 0 saturated carbocycles. The van der Waals surface area contributed by atoms with Crippen LogP contribution in [0.1, 0.15) is 5.56 Å². The number of nitrogens with one attached hydrogen (secondary N) is 1. The van der Waals surface area contributed by atoms with Crippen molar-refractivity contribution in [2.45, 2.75) is 18.9 Å². The van der Waals surface area contributed by atoms with Crippen molar-refractivity contribution < 1.29 is 28.2 Å². The molecule has 19 heavy (non-hydrogen) atoms. The third-order valence-corrected chi connectivity index (χ3v) is 2.15. The van der Waals surface area contributed by atoms with E-state index in [2.05, 4.69) is 0 Å². The molecular weight excluding hydrogens is 287 g/mol. The van der Waals surface area contributed by atoms with Gasteiger partial charge in [0.25, 0.3) is 5.79 Å². The fraction of sp³-hybridized carbons (Fsp3) is 0.364. The van der Waals surface area contributed by atoms with Crippen LogP contribution >= 0.6 is 11.6 Å². The fourth-order valence-electron chi connectivity index (χ4n) is 0.817. The highest BCUT2D eigenvalue weighted by atomic mass is 35.5. The quantitative estimate of drug-likeness (QED) is 0.587. The summed E-state index contributed by atoms with van der Waals surface area (Å²) in [6.07, 6.45) is -5.23. The van der Waals surface area contributed by atoms with Gasteiger partial charge in [0.05, 0.1) is 6.54 Å². The molecule has 0 radical (unpaired) electrons. The van der Waals surface area contributed by atoms with Crippen LogP contribution in [0, 0.1) is 6.92 Å². The third kappa shape index (κ3) is 7.00. The summed E-state index contributed by atoms with van der Waals surface area (Å²) in [5.74, 6) is -3.85. The van der Waals surface area contributed by atoms with E-state index in [1.165, 1.54) is 10.9 Å². The Morgan fingerprint density at radius 3 is 2.05 bits per heavy atom. The van der Waals surface area contributed by atoms with Gasteiger partial charge in [-0.2, -0.15) is 13.2 Å². The molecule has 4 nitrogen and oxygen atoms in total. The van der Waals surface area contributed by atoms with E-state index in [1.54, 1.807) is 0 Å². The Morgan fingerprint density at radius 2 is 1.74 bits per heavy atom. The van der Waals surface area contributed by atoms with E-state index >= 15 is 0 Å². The maximum atomic E-state index is 11.5. The van der Waals surface area contributed by atoms with E-state index in [1.807, 2.05) is 31.2 Å². The smallest absolute Gasteiger partial charge is 0.357 e. The molecule has 0 fully saturated rings. The van der Waals surface area contributed by atoms with E-state index in [0.717, 1.165) is 5.02 Å². The predicted molar refractivity (Wildman–Crippen MR) is 63.5 cm³/mol. The fourth-order valence-corrected chi connectivity index (χ4v) is 0.943. The molecule has 8 heteroatoms. The SMILES string of the molecule is Cc1ccc(Cl)cc1.O=CNCC(O)(O)C(F)(F)F. The van der Waals surface area contributed by atoms with Crippen LogP contribution in [0.3, 0.4) is 0 Å². The highest BCUT2D eigenvalue weighted by Crippen LogP contribution is 2.26. The second-order valence-corrected chi connectivity index (χ2v) is 4.05. The molecule has 0 aliphatic heterocycles. The first-order chi connectivity index (χ1) is 8.60. The van der Waals surface area contributed by atoms with Crippen LogP contribution in [0.4, 0.5) is 13.2 Å². The summed E-state index contributed by atoms with van der Waals surface area (Å²) in [7, 11) is 0. The van der Waals surface area contributed by atoms with Crippen molar-refractivity contribution in [3.05, 3.63) is 34.9 Å². The molecule has 1 aromatic rings. The number of alkyl halides is 3. The van der Waals surface area contributed by atoms with Crippen molar-refractivity contribution in [3.63, 3.8) is 0 Å². The first-order valence-electron chi connectivity index (χ1n) is 5.01. The van der Waals surface area contributed by atoms with E-state index in [4.69, 9.17) is 21.8 Å². The van der Waals surface area contributed by atoms with E-state index in [9.17, 15) is 18.0 Å². The van der Waals surface area contributed by atoms with Gasteiger partial charge >= 0.3 is 6.18 Å². The van der Waals surface area contributed by atoms with Gasteiger partial charge in [-0.15, -0.1) is 0 Å². The van der Waals surface area contributed by atoms with Gasteiger partial charge in [-0.3, -0.25) is 4.79 Å². The summed E-state index contributed by atoms with van der Waals surface area (Å²) in [4.78, 5) is 9.48. The average molecular weight is 300 g/mol. The molecule has 0 aliphatic rings. The second-order valence-electron chi connectivity index (χ2n) is 3.61. The maximum Gasteiger partial charge on any atom is 0.444 e. The number of amides is 1. The molecule has 0 atom stereocenters. The van der Waals surface area contributed by atoms with Crippen molar-refractivity contribution >= 4 is 18.0 Å². The Labute approximate surface area is 112 Å². The van der Waals surface area contributed by atoms with Gasteiger partial charge in [-0.25, -0.2) is 0 Å². The van der Waals surface area contributed by atoms with Gasteiger partial charge in [0.2, 0.25) is 6.41 Å². The van der Waals surface area contributed by atoms with Crippen LogP contribution in [0.15, 0.2) is 24.3 Å². The molecule has 0 aliphatic carbocycles. The molecule has 108 valence electrons. The largest absolute Gasteiger partial charge is 0.444 e. The highest BCUT2D eigenvalue weighted by molar-refractivity contribution is 6.30. The van der Waals surface area contributed by atoms with Crippen LogP contribution in [-0.2, 0) is 4.79 Å². The number of carbonyl (C=O) groups excluding carboxylic acids is 1. The Morgan fingerprint density at radius 1 is 1.26 bits per heavy atom. The number of halogens is 4. The molecule has 0 unspecified atom stereocenters. The van der Waals surface area contributed by atoms with E-state index in [0.29, 0.717) is 0 Å². The minimum atomic E-state index is -5.16. The zero-order valence-corrected chi connectivity index (χ0v) is 10.7. The van der Waals surface area contributed by atoms with E-state index < -0.39 is 18.5 Å². The Kier molecular flexibility index (Phi) is 6.82. The Balaban J connectivity index is 0.000000356. The number of hydrogen-bond acceptors (Lipinski definition) is 3. The second kappa shape index (κ2) is 7.32. The lowest BCUT2D eigenvalue weighted by molar-refractivity contribution is -0.344. The number of hydrogen-bond donors (Lipinski definition) is 3. The van der Waals surface area contributed by atoms with E-state index in [-0.39, 0.29) is 6.41 Å². The molecule has 3 N–H and O–H groups in total. The lowest BCUT2D eigenvalue weighted by atomic mass is 10.2. The maximum absolute atomic E-state index is 11.5. The molecule has 0 aromatic heterocycles. The minimum absolute atomic E-state index is 0.0626. The first kappa shape index (κ1) is 17.7. The molecule has 1 rings (SSSR count). The summed E-state index contributed by atoms with van der Waals surface area (Å²) < 4.78 is 34.5. The topological polar surface area (TPSA) is 69.6 Å². The Bertz CT molecular complexity index is 372.